The highest BCUT2D eigenvalue weighted by atomic mass is 16.4. The Kier molecular flexibility index (Phi) is 5.79. The van der Waals surface area contributed by atoms with E-state index in [4.69, 9.17) is 5.11 Å². The summed E-state index contributed by atoms with van der Waals surface area (Å²) in [6.45, 7) is 3.97. The minimum atomic E-state index is -0.948. The van der Waals surface area contributed by atoms with Crippen LogP contribution < -0.4 is 0 Å². The molecule has 0 radical (unpaired) electrons. The molecule has 0 aliphatic heterocycles. The molecule has 0 aromatic carbocycles. The first-order valence-corrected chi connectivity index (χ1v) is 10.2. The highest BCUT2D eigenvalue weighted by Crippen LogP contribution is 2.57. The molecular weight excluding hydrogens is 328 g/mol. The summed E-state index contributed by atoms with van der Waals surface area (Å²) in [4.78, 5) is 10.8. The maximum Gasteiger partial charge on any atom is 0.303 e. The van der Waals surface area contributed by atoms with Crippen LogP contribution >= 0.6 is 0 Å². The lowest BCUT2D eigenvalue weighted by Crippen LogP contribution is -2.51. The van der Waals surface area contributed by atoms with Crippen LogP contribution in [0.3, 0.4) is 0 Å². The molecule has 26 heavy (non-hydrogen) atoms. The number of carbonyl (C=O) groups is 1. The average molecular weight is 360 g/mol. The molecule has 4 heteroatoms. The van der Waals surface area contributed by atoms with E-state index in [0.717, 1.165) is 32.1 Å². The Labute approximate surface area is 156 Å². The van der Waals surface area contributed by atoms with Crippen molar-refractivity contribution in [3.63, 3.8) is 0 Å². The Balaban J connectivity index is 1.74. The number of hydrogen-bond donors (Lipinski definition) is 3. The molecule has 3 rings (SSSR count). The van der Waals surface area contributed by atoms with Crippen molar-refractivity contribution >= 4 is 5.97 Å². The van der Waals surface area contributed by atoms with Gasteiger partial charge in [-0.05, 0) is 69.1 Å². The number of aliphatic hydroxyl groups is 2. The number of aliphatic hydroxyl groups excluding tert-OH is 1. The van der Waals surface area contributed by atoms with Gasteiger partial charge in [-0.1, -0.05) is 36.8 Å². The van der Waals surface area contributed by atoms with E-state index in [0.29, 0.717) is 24.2 Å². The number of aliphatic carboxylic acids is 1. The average Bonchev–Trinajstić information content (AvgIpc) is 2.49. The molecule has 0 aromatic heterocycles. The molecule has 3 saturated carbocycles. The lowest BCUT2D eigenvalue weighted by atomic mass is 9.50. The van der Waals surface area contributed by atoms with Crippen LogP contribution in [0.25, 0.3) is 0 Å². The molecule has 0 aromatic rings. The van der Waals surface area contributed by atoms with Gasteiger partial charge in [0.25, 0.3) is 0 Å². The Morgan fingerprint density at radius 3 is 2.62 bits per heavy atom. The first-order chi connectivity index (χ1) is 12.3. The van der Waals surface area contributed by atoms with Crippen molar-refractivity contribution in [2.45, 2.75) is 76.9 Å². The lowest BCUT2D eigenvalue weighted by molar-refractivity contribution is -0.136. The highest BCUT2D eigenvalue weighted by Gasteiger charge is 2.52. The van der Waals surface area contributed by atoms with Gasteiger partial charge in [0.2, 0.25) is 0 Å². The zero-order valence-corrected chi connectivity index (χ0v) is 15.9. The van der Waals surface area contributed by atoms with E-state index in [1.807, 2.05) is 6.92 Å². The molecule has 6 atom stereocenters. The SMILES string of the molecule is CCC1C(=CCCC(=O)O)[C@H]2CC[C@@H](O)[C@H](C#CC(C)(O)C3CCC3)[C@@H]12. The Bertz CT molecular complexity index is 612. The van der Waals surface area contributed by atoms with E-state index < -0.39 is 17.7 Å². The maximum absolute atomic E-state index is 10.8. The van der Waals surface area contributed by atoms with Crippen LogP contribution in [0.1, 0.15) is 65.2 Å². The predicted molar refractivity (Wildman–Crippen MR) is 100 cm³/mol. The van der Waals surface area contributed by atoms with Crippen molar-refractivity contribution in [2.24, 2.45) is 29.6 Å². The molecule has 3 fully saturated rings. The zero-order valence-electron chi connectivity index (χ0n) is 15.9. The molecule has 3 aliphatic rings. The summed E-state index contributed by atoms with van der Waals surface area (Å²) >= 11 is 0. The summed E-state index contributed by atoms with van der Waals surface area (Å²) < 4.78 is 0. The van der Waals surface area contributed by atoms with E-state index in [1.54, 1.807) is 0 Å². The minimum Gasteiger partial charge on any atom is -0.481 e. The smallest absolute Gasteiger partial charge is 0.303 e. The summed E-state index contributed by atoms with van der Waals surface area (Å²) in [5.41, 5.74) is 0.430. The van der Waals surface area contributed by atoms with E-state index >= 15 is 0 Å². The minimum absolute atomic E-state index is 0.0816. The van der Waals surface area contributed by atoms with Crippen molar-refractivity contribution in [3.8, 4) is 11.8 Å². The quantitative estimate of drug-likeness (QED) is 0.519. The standard InChI is InChI=1S/C22H32O4/c1-3-15-16(8-5-9-20(24)25)17-10-11-19(23)18(21(15)17)12-13-22(2,26)14-6-4-7-14/h8,14-15,17-19,21,23,26H,3-7,9-11H2,1-2H3,(H,24,25)/t15?,17-,18+,19-,21+,22?/m1/s1. The van der Waals surface area contributed by atoms with Crippen molar-refractivity contribution in [1.82, 2.24) is 0 Å². The van der Waals surface area contributed by atoms with Crippen molar-refractivity contribution in [2.75, 3.05) is 0 Å². The van der Waals surface area contributed by atoms with Gasteiger partial charge < -0.3 is 15.3 Å². The Morgan fingerprint density at radius 2 is 2.04 bits per heavy atom. The van der Waals surface area contributed by atoms with Crippen molar-refractivity contribution in [1.29, 1.82) is 0 Å². The third-order valence-electron chi connectivity index (χ3n) is 6.96. The van der Waals surface area contributed by atoms with Crippen molar-refractivity contribution < 1.29 is 20.1 Å². The molecular formula is C22H32O4. The first kappa shape index (κ1) is 19.5. The van der Waals surface area contributed by atoms with Crippen LogP contribution in [-0.4, -0.2) is 33.0 Å². The number of fused-ring (bicyclic) bond motifs is 1. The summed E-state index contributed by atoms with van der Waals surface area (Å²) in [5, 5.41) is 30.1. The molecule has 0 amide bonds. The molecule has 4 nitrogen and oxygen atoms in total. The summed E-state index contributed by atoms with van der Waals surface area (Å²) in [5.74, 6) is 6.96. The number of rotatable bonds is 5. The summed E-state index contributed by atoms with van der Waals surface area (Å²) in [6.07, 6.45) is 8.38. The first-order valence-electron chi connectivity index (χ1n) is 10.2. The summed E-state index contributed by atoms with van der Waals surface area (Å²) in [7, 11) is 0. The second-order valence-electron chi connectivity index (χ2n) is 8.55. The van der Waals surface area contributed by atoms with Gasteiger partial charge in [-0.3, -0.25) is 4.79 Å². The number of allylic oxidation sites excluding steroid dienone is 2. The normalized spacial score (nSPS) is 37.5. The van der Waals surface area contributed by atoms with E-state index in [9.17, 15) is 15.0 Å². The van der Waals surface area contributed by atoms with Crippen LogP contribution in [0.4, 0.5) is 0 Å². The molecule has 0 heterocycles. The van der Waals surface area contributed by atoms with Gasteiger partial charge in [0.1, 0.15) is 5.60 Å². The molecule has 0 spiro atoms. The molecule has 3 aliphatic carbocycles. The number of hydrogen-bond acceptors (Lipinski definition) is 3. The van der Waals surface area contributed by atoms with Crippen LogP contribution in [0, 0.1) is 41.4 Å². The van der Waals surface area contributed by atoms with Gasteiger partial charge in [-0.25, -0.2) is 0 Å². The fourth-order valence-corrected chi connectivity index (χ4v) is 5.19. The van der Waals surface area contributed by atoms with Gasteiger partial charge >= 0.3 is 5.97 Å². The van der Waals surface area contributed by atoms with Gasteiger partial charge in [-0.15, -0.1) is 0 Å². The third kappa shape index (κ3) is 3.70. The lowest BCUT2D eigenvalue weighted by Gasteiger charge is -2.54. The monoisotopic (exact) mass is 360 g/mol. The van der Waals surface area contributed by atoms with Gasteiger partial charge in [-0.2, -0.15) is 0 Å². The Morgan fingerprint density at radius 1 is 1.31 bits per heavy atom. The number of carboxylic acid groups (broad SMARTS) is 1. The fourth-order valence-electron chi connectivity index (χ4n) is 5.19. The van der Waals surface area contributed by atoms with Crippen LogP contribution in [0.15, 0.2) is 11.6 Å². The second-order valence-corrected chi connectivity index (χ2v) is 8.55. The van der Waals surface area contributed by atoms with Crippen LogP contribution in [0.2, 0.25) is 0 Å². The molecule has 0 saturated heterocycles. The third-order valence-corrected chi connectivity index (χ3v) is 6.96. The van der Waals surface area contributed by atoms with E-state index in [1.165, 1.54) is 12.0 Å². The molecule has 144 valence electrons. The predicted octanol–water partition coefficient (Wildman–Crippen LogP) is 3.38. The fraction of sp³-hybridized carbons (Fsp3) is 0.773. The van der Waals surface area contributed by atoms with Gasteiger partial charge in [0.15, 0.2) is 0 Å². The molecule has 0 bridgehead atoms. The van der Waals surface area contributed by atoms with Crippen molar-refractivity contribution in [3.05, 3.63) is 11.6 Å². The maximum atomic E-state index is 10.8. The van der Waals surface area contributed by atoms with E-state index in [-0.39, 0.29) is 18.3 Å². The van der Waals surface area contributed by atoms with Crippen LogP contribution in [0.5, 0.6) is 0 Å². The summed E-state index contributed by atoms with van der Waals surface area (Å²) in [6, 6.07) is 0. The highest BCUT2D eigenvalue weighted by molar-refractivity contribution is 5.66. The Hall–Kier alpha value is -1.31. The molecule has 3 N–H and O–H groups in total. The van der Waals surface area contributed by atoms with Gasteiger partial charge in [0, 0.05) is 6.42 Å². The molecule has 2 unspecified atom stereocenters. The van der Waals surface area contributed by atoms with Crippen LogP contribution in [-0.2, 0) is 4.79 Å². The largest absolute Gasteiger partial charge is 0.481 e. The topological polar surface area (TPSA) is 77.8 Å². The second kappa shape index (κ2) is 7.74. The zero-order chi connectivity index (χ0) is 18.9. The number of carboxylic acids is 1. The van der Waals surface area contributed by atoms with Gasteiger partial charge in [0.05, 0.1) is 12.0 Å². The van der Waals surface area contributed by atoms with E-state index in [2.05, 4.69) is 24.8 Å².